The number of benzene rings is 1. The van der Waals surface area contributed by atoms with E-state index in [2.05, 4.69) is 46.6 Å². The van der Waals surface area contributed by atoms with Gasteiger partial charge in [-0.25, -0.2) is 9.98 Å². The van der Waals surface area contributed by atoms with Crippen molar-refractivity contribution in [1.82, 2.24) is 15.6 Å². The van der Waals surface area contributed by atoms with Crippen molar-refractivity contribution in [2.45, 2.75) is 39.3 Å². The molecule has 0 aliphatic carbocycles. The summed E-state index contributed by atoms with van der Waals surface area (Å²) in [5, 5.41) is 6.85. The number of hydrogen-bond acceptors (Lipinski definition) is 4. The molecule has 1 aliphatic rings. The van der Waals surface area contributed by atoms with Crippen LogP contribution in [0.15, 0.2) is 39.9 Å². The van der Waals surface area contributed by atoms with Crippen molar-refractivity contribution in [2.75, 3.05) is 18.1 Å². The maximum absolute atomic E-state index is 5.61. The van der Waals surface area contributed by atoms with Crippen LogP contribution in [0, 0.1) is 6.92 Å². The van der Waals surface area contributed by atoms with Gasteiger partial charge in [-0.05, 0) is 44.6 Å². The van der Waals surface area contributed by atoms with E-state index in [0.717, 1.165) is 29.5 Å². The number of hydrogen-bond donors (Lipinski definition) is 2. The van der Waals surface area contributed by atoms with Crippen molar-refractivity contribution in [1.29, 1.82) is 0 Å². The third-order valence-corrected chi connectivity index (χ3v) is 5.31. The van der Waals surface area contributed by atoms with Gasteiger partial charge in [-0.2, -0.15) is 11.8 Å². The lowest BCUT2D eigenvalue weighted by molar-refractivity contribution is 0.572. The van der Waals surface area contributed by atoms with Crippen LogP contribution in [0.5, 0.6) is 0 Å². The maximum Gasteiger partial charge on any atom is 0.226 e. The van der Waals surface area contributed by atoms with Crippen LogP contribution < -0.4 is 10.6 Å². The minimum atomic E-state index is 0. The topological polar surface area (TPSA) is 62.5 Å². The van der Waals surface area contributed by atoms with Gasteiger partial charge < -0.3 is 15.1 Å². The number of nitrogens with zero attached hydrogens (tertiary/aromatic N) is 2. The van der Waals surface area contributed by atoms with Gasteiger partial charge in [-0.15, -0.1) is 24.0 Å². The molecule has 3 rings (SSSR count). The molecule has 2 N–H and O–H groups in total. The minimum absolute atomic E-state index is 0. The number of rotatable bonds is 5. The standard InChI is InChI=1S/C19H26N4OS.HI/c1-3-20-19(23-16-5-4-10-25-13-16)21-11-17-12-24-18(22-17)15-8-6-14(2)7-9-15;/h6-9,12,16H,3-5,10-11,13H2,1-2H3,(H2,20,21,23);1H. The highest BCUT2D eigenvalue weighted by Crippen LogP contribution is 2.19. The summed E-state index contributed by atoms with van der Waals surface area (Å²) in [7, 11) is 0. The highest BCUT2D eigenvalue weighted by Gasteiger charge is 2.15. The highest BCUT2D eigenvalue weighted by atomic mass is 127. The maximum atomic E-state index is 5.61. The zero-order valence-electron chi connectivity index (χ0n) is 15.3. The molecule has 0 spiro atoms. The van der Waals surface area contributed by atoms with Gasteiger partial charge in [0.05, 0.1) is 6.54 Å². The Labute approximate surface area is 176 Å². The van der Waals surface area contributed by atoms with E-state index >= 15 is 0 Å². The fourth-order valence-electron chi connectivity index (χ4n) is 2.74. The Balaban J connectivity index is 0.00000243. The number of aromatic nitrogens is 1. The molecule has 1 fully saturated rings. The number of oxazole rings is 1. The summed E-state index contributed by atoms with van der Waals surface area (Å²) in [6.45, 7) is 5.50. The lowest BCUT2D eigenvalue weighted by atomic mass is 10.1. The number of halogens is 1. The second-order valence-corrected chi connectivity index (χ2v) is 7.41. The molecule has 2 heterocycles. The quantitative estimate of drug-likeness (QED) is 0.377. The van der Waals surface area contributed by atoms with Crippen LogP contribution in [-0.4, -0.2) is 35.0 Å². The SMILES string of the molecule is CCNC(=NCc1coc(-c2ccc(C)cc2)n1)NC1CCCSC1.I. The third-order valence-electron chi connectivity index (χ3n) is 4.09. The van der Waals surface area contributed by atoms with Crippen LogP contribution in [0.1, 0.15) is 31.0 Å². The zero-order chi connectivity index (χ0) is 17.5. The smallest absolute Gasteiger partial charge is 0.226 e. The van der Waals surface area contributed by atoms with Crippen LogP contribution in [0.25, 0.3) is 11.5 Å². The Morgan fingerprint density at radius 1 is 1.35 bits per heavy atom. The first-order valence-electron chi connectivity index (χ1n) is 8.88. The van der Waals surface area contributed by atoms with Gasteiger partial charge in [0.2, 0.25) is 5.89 Å². The number of guanidine groups is 1. The van der Waals surface area contributed by atoms with Crippen LogP contribution in [0.4, 0.5) is 0 Å². The first-order chi connectivity index (χ1) is 12.2. The summed E-state index contributed by atoms with van der Waals surface area (Å²) < 4.78 is 5.61. The normalized spacial score (nSPS) is 17.5. The largest absolute Gasteiger partial charge is 0.444 e. The van der Waals surface area contributed by atoms with Gasteiger partial charge in [0, 0.05) is 23.9 Å². The molecular weight excluding hydrogens is 459 g/mol. The zero-order valence-corrected chi connectivity index (χ0v) is 18.5. The molecule has 0 bridgehead atoms. The molecule has 0 amide bonds. The average Bonchev–Trinajstić information content (AvgIpc) is 3.10. The fourth-order valence-corrected chi connectivity index (χ4v) is 3.81. The van der Waals surface area contributed by atoms with Gasteiger partial charge in [-0.1, -0.05) is 17.7 Å². The van der Waals surface area contributed by atoms with E-state index in [1.807, 2.05) is 23.9 Å². The molecule has 7 heteroatoms. The molecule has 1 atom stereocenters. The van der Waals surface area contributed by atoms with E-state index in [0.29, 0.717) is 18.5 Å². The molecule has 5 nitrogen and oxygen atoms in total. The summed E-state index contributed by atoms with van der Waals surface area (Å²) in [6, 6.07) is 8.68. The molecule has 1 aromatic heterocycles. The van der Waals surface area contributed by atoms with E-state index in [9.17, 15) is 0 Å². The van der Waals surface area contributed by atoms with Crippen molar-refractivity contribution in [3.63, 3.8) is 0 Å². The molecule has 142 valence electrons. The molecular formula is C19H27IN4OS. The third kappa shape index (κ3) is 6.19. The van der Waals surface area contributed by atoms with Gasteiger partial charge in [0.1, 0.15) is 12.0 Å². The number of nitrogens with one attached hydrogen (secondary N) is 2. The second kappa shape index (κ2) is 10.8. The molecule has 1 aliphatic heterocycles. The lowest BCUT2D eigenvalue weighted by Gasteiger charge is -2.24. The van der Waals surface area contributed by atoms with Crippen molar-refractivity contribution >= 4 is 41.7 Å². The molecule has 2 aromatic rings. The van der Waals surface area contributed by atoms with Gasteiger partial charge >= 0.3 is 0 Å². The Hall–Kier alpha value is -1.22. The van der Waals surface area contributed by atoms with E-state index < -0.39 is 0 Å². The fraction of sp³-hybridized carbons (Fsp3) is 0.474. The van der Waals surface area contributed by atoms with Crippen LogP contribution in [0.3, 0.4) is 0 Å². The van der Waals surface area contributed by atoms with Gasteiger partial charge in [0.15, 0.2) is 5.96 Å². The Kier molecular flexibility index (Phi) is 8.77. The minimum Gasteiger partial charge on any atom is -0.444 e. The summed E-state index contributed by atoms with van der Waals surface area (Å²) in [4.78, 5) is 9.22. The van der Waals surface area contributed by atoms with Gasteiger partial charge in [0.25, 0.3) is 0 Å². The molecule has 0 saturated carbocycles. The summed E-state index contributed by atoms with van der Waals surface area (Å²) >= 11 is 2.01. The molecule has 1 saturated heterocycles. The predicted octanol–water partition coefficient (Wildman–Crippen LogP) is 4.22. The molecule has 0 radical (unpaired) electrons. The van der Waals surface area contributed by atoms with Crippen molar-refractivity contribution in [3.8, 4) is 11.5 Å². The van der Waals surface area contributed by atoms with Crippen molar-refractivity contribution in [3.05, 3.63) is 41.8 Å². The van der Waals surface area contributed by atoms with E-state index in [1.54, 1.807) is 6.26 Å². The summed E-state index contributed by atoms with van der Waals surface area (Å²) in [5.41, 5.74) is 3.05. The van der Waals surface area contributed by atoms with Crippen molar-refractivity contribution in [2.24, 2.45) is 4.99 Å². The predicted molar refractivity (Wildman–Crippen MR) is 120 cm³/mol. The van der Waals surface area contributed by atoms with Crippen molar-refractivity contribution < 1.29 is 4.42 Å². The number of aryl methyl sites for hydroxylation is 1. The van der Waals surface area contributed by atoms with Crippen LogP contribution in [-0.2, 0) is 6.54 Å². The van der Waals surface area contributed by atoms with Crippen LogP contribution >= 0.6 is 35.7 Å². The molecule has 26 heavy (non-hydrogen) atoms. The van der Waals surface area contributed by atoms with E-state index in [-0.39, 0.29) is 24.0 Å². The van der Waals surface area contributed by atoms with Crippen LogP contribution in [0.2, 0.25) is 0 Å². The molecule has 1 aromatic carbocycles. The summed E-state index contributed by atoms with van der Waals surface area (Å²) in [5.74, 6) is 3.92. The first kappa shape index (κ1) is 21.1. The van der Waals surface area contributed by atoms with E-state index in [1.165, 1.54) is 24.2 Å². The Morgan fingerprint density at radius 2 is 2.15 bits per heavy atom. The Morgan fingerprint density at radius 3 is 2.85 bits per heavy atom. The monoisotopic (exact) mass is 486 g/mol. The first-order valence-corrected chi connectivity index (χ1v) is 10.0. The lowest BCUT2D eigenvalue weighted by Crippen LogP contribution is -2.45. The molecule has 1 unspecified atom stereocenters. The highest BCUT2D eigenvalue weighted by molar-refractivity contribution is 14.0. The second-order valence-electron chi connectivity index (χ2n) is 6.26. The number of thioether (sulfide) groups is 1. The Bertz CT molecular complexity index is 696. The summed E-state index contributed by atoms with van der Waals surface area (Å²) in [6.07, 6.45) is 4.17. The number of aliphatic imine (C=N–C) groups is 1. The van der Waals surface area contributed by atoms with E-state index in [4.69, 9.17) is 4.42 Å². The van der Waals surface area contributed by atoms with Gasteiger partial charge in [-0.3, -0.25) is 0 Å². The average molecular weight is 486 g/mol.